The normalized spacial score (nSPS) is 10.4. The molecule has 0 heterocycles. The Balaban J connectivity index is 1.56. The molecule has 0 aliphatic carbocycles. The highest BCUT2D eigenvalue weighted by Crippen LogP contribution is 2.28. The predicted octanol–water partition coefficient (Wildman–Crippen LogP) is 5.52. The van der Waals surface area contributed by atoms with Crippen molar-refractivity contribution in [1.29, 1.82) is 0 Å². The Kier molecular flexibility index (Phi) is 6.01. The van der Waals surface area contributed by atoms with Crippen molar-refractivity contribution in [2.24, 2.45) is 0 Å². The number of rotatable bonds is 4. The molecule has 31 heavy (non-hydrogen) atoms. The largest absolute Gasteiger partial charge is 0.508 e. The average molecular weight is 406 g/mol. The zero-order valence-electron chi connectivity index (χ0n) is 17.3. The van der Waals surface area contributed by atoms with Crippen LogP contribution in [0.15, 0.2) is 84.9 Å². The molecule has 1 N–H and O–H groups in total. The fourth-order valence-electron chi connectivity index (χ4n) is 3.49. The van der Waals surface area contributed by atoms with Crippen molar-refractivity contribution >= 4 is 16.7 Å². The Hall–Kier alpha value is -4.03. The highest BCUT2D eigenvalue weighted by Gasteiger charge is 2.08. The van der Waals surface area contributed by atoms with Gasteiger partial charge in [0.1, 0.15) is 5.75 Å². The molecule has 0 aliphatic heterocycles. The monoisotopic (exact) mass is 406 g/mol. The molecule has 0 atom stereocenters. The maximum atomic E-state index is 11.6. The third-order valence-electron chi connectivity index (χ3n) is 5.18. The van der Waals surface area contributed by atoms with Gasteiger partial charge in [0.05, 0.1) is 12.7 Å². The molecular formula is C28H22O3. The highest BCUT2D eigenvalue weighted by molar-refractivity contribution is 5.89. The molecule has 0 radical (unpaired) electrons. The van der Waals surface area contributed by atoms with Crippen molar-refractivity contribution in [1.82, 2.24) is 0 Å². The minimum atomic E-state index is -0.360. The summed E-state index contributed by atoms with van der Waals surface area (Å²) in [5, 5.41) is 12.5. The van der Waals surface area contributed by atoms with Crippen LogP contribution in [0.1, 0.15) is 32.6 Å². The molecule has 4 rings (SSSR count). The second-order valence-corrected chi connectivity index (χ2v) is 7.37. The van der Waals surface area contributed by atoms with E-state index in [0.29, 0.717) is 18.4 Å². The summed E-state index contributed by atoms with van der Waals surface area (Å²) in [5.74, 6) is 6.36. The van der Waals surface area contributed by atoms with Crippen LogP contribution in [0, 0.1) is 11.8 Å². The van der Waals surface area contributed by atoms with Gasteiger partial charge in [0.2, 0.25) is 0 Å². The molecule has 3 nitrogen and oxygen atoms in total. The fraction of sp³-hybridized carbons (Fsp3) is 0.107. The predicted molar refractivity (Wildman–Crippen MR) is 123 cm³/mol. The van der Waals surface area contributed by atoms with Gasteiger partial charge in [-0.25, -0.2) is 4.79 Å². The molecule has 0 saturated heterocycles. The average Bonchev–Trinajstić information content (AvgIpc) is 2.80. The number of esters is 1. The summed E-state index contributed by atoms with van der Waals surface area (Å²) in [6.07, 6.45) is 1.27. The number of hydrogen-bond donors (Lipinski definition) is 1. The smallest absolute Gasteiger partial charge is 0.337 e. The van der Waals surface area contributed by atoms with E-state index in [2.05, 4.69) is 30.0 Å². The number of methoxy groups -OCH3 is 1. The quantitative estimate of drug-likeness (QED) is 0.359. The highest BCUT2D eigenvalue weighted by atomic mass is 16.5. The van der Waals surface area contributed by atoms with Gasteiger partial charge >= 0.3 is 5.97 Å². The van der Waals surface area contributed by atoms with Crippen LogP contribution in [-0.2, 0) is 17.6 Å². The van der Waals surface area contributed by atoms with Gasteiger partial charge in [0.15, 0.2) is 0 Å². The molecule has 0 bridgehead atoms. The number of phenolic OH excluding ortho intramolecular Hbond substituents is 1. The number of ether oxygens (including phenoxy) is 1. The summed E-state index contributed by atoms with van der Waals surface area (Å²) in [6, 6.07) is 27.2. The Morgan fingerprint density at radius 2 is 1.65 bits per heavy atom. The molecule has 0 aromatic heterocycles. The van der Waals surface area contributed by atoms with Gasteiger partial charge in [-0.2, -0.15) is 0 Å². The molecule has 0 amide bonds. The summed E-state index contributed by atoms with van der Waals surface area (Å²) in [6.45, 7) is 0. The van der Waals surface area contributed by atoms with Crippen LogP contribution in [0.5, 0.6) is 5.75 Å². The summed E-state index contributed by atoms with van der Waals surface area (Å²) in [4.78, 5) is 11.6. The lowest BCUT2D eigenvalue weighted by atomic mass is 9.98. The van der Waals surface area contributed by atoms with Crippen LogP contribution in [0.25, 0.3) is 10.8 Å². The van der Waals surface area contributed by atoms with Crippen molar-refractivity contribution in [3.63, 3.8) is 0 Å². The molecular weight excluding hydrogens is 384 g/mol. The van der Waals surface area contributed by atoms with Crippen LogP contribution >= 0.6 is 0 Å². The van der Waals surface area contributed by atoms with E-state index in [1.807, 2.05) is 48.5 Å². The first-order chi connectivity index (χ1) is 15.1. The van der Waals surface area contributed by atoms with Gasteiger partial charge < -0.3 is 9.84 Å². The molecule has 4 aromatic rings. The maximum Gasteiger partial charge on any atom is 0.337 e. The van der Waals surface area contributed by atoms with Crippen LogP contribution in [0.4, 0.5) is 0 Å². The van der Waals surface area contributed by atoms with Crippen LogP contribution in [0.3, 0.4) is 0 Å². The number of hydrogen-bond acceptors (Lipinski definition) is 3. The van der Waals surface area contributed by atoms with Crippen molar-refractivity contribution < 1.29 is 14.6 Å². The molecule has 0 unspecified atom stereocenters. The summed E-state index contributed by atoms with van der Waals surface area (Å²) in [7, 11) is 1.36. The van der Waals surface area contributed by atoms with Crippen molar-refractivity contribution in [3.8, 4) is 17.6 Å². The number of phenols is 1. The van der Waals surface area contributed by atoms with E-state index < -0.39 is 0 Å². The minimum absolute atomic E-state index is 0.257. The topological polar surface area (TPSA) is 46.5 Å². The first kappa shape index (κ1) is 20.3. The van der Waals surface area contributed by atoms with Crippen LogP contribution in [-0.4, -0.2) is 18.2 Å². The second kappa shape index (κ2) is 9.19. The molecule has 4 aromatic carbocycles. The van der Waals surface area contributed by atoms with Crippen molar-refractivity contribution in [3.05, 3.63) is 113 Å². The molecule has 0 fully saturated rings. The SMILES string of the molecule is COC(=O)c1ccc(Cc2cc3cc(C#CCc4ccccc4)ccc3cc2O)cc1. The van der Waals surface area contributed by atoms with Gasteiger partial charge in [0, 0.05) is 18.4 Å². The molecule has 0 spiro atoms. The Labute approximate surface area is 181 Å². The first-order valence-electron chi connectivity index (χ1n) is 10.1. The van der Waals surface area contributed by atoms with Crippen molar-refractivity contribution in [2.75, 3.05) is 7.11 Å². The van der Waals surface area contributed by atoms with E-state index in [4.69, 9.17) is 4.74 Å². The van der Waals surface area contributed by atoms with E-state index in [0.717, 1.165) is 27.5 Å². The van der Waals surface area contributed by atoms with Crippen LogP contribution in [0.2, 0.25) is 0 Å². The maximum absolute atomic E-state index is 11.6. The van der Waals surface area contributed by atoms with Crippen molar-refractivity contribution in [2.45, 2.75) is 12.8 Å². The Bertz CT molecular complexity index is 1280. The molecule has 152 valence electrons. The lowest BCUT2D eigenvalue weighted by molar-refractivity contribution is 0.0600. The zero-order valence-corrected chi connectivity index (χ0v) is 17.3. The lowest BCUT2D eigenvalue weighted by Crippen LogP contribution is -2.01. The van der Waals surface area contributed by atoms with Gasteiger partial charge in [-0.1, -0.05) is 60.4 Å². The Morgan fingerprint density at radius 3 is 2.39 bits per heavy atom. The third-order valence-corrected chi connectivity index (χ3v) is 5.18. The third kappa shape index (κ3) is 4.94. The van der Waals surface area contributed by atoms with Gasteiger partial charge in [-0.3, -0.25) is 0 Å². The second-order valence-electron chi connectivity index (χ2n) is 7.37. The summed E-state index contributed by atoms with van der Waals surface area (Å²) in [5.41, 5.74) is 4.48. The molecule has 3 heteroatoms. The number of fused-ring (bicyclic) bond motifs is 1. The van der Waals surface area contributed by atoms with E-state index in [1.54, 1.807) is 18.2 Å². The number of carbonyl (C=O) groups is 1. The van der Waals surface area contributed by atoms with Gasteiger partial charge in [-0.15, -0.1) is 0 Å². The number of aromatic hydroxyl groups is 1. The lowest BCUT2D eigenvalue weighted by Gasteiger charge is -2.08. The molecule has 0 saturated carbocycles. The van der Waals surface area contributed by atoms with E-state index >= 15 is 0 Å². The number of benzene rings is 4. The summed E-state index contributed by atoms with van der Waals surface area (Å²) < 4.78 is 4.74. The summed E-state index contributed by atoms with van der Waals surface area (Å²) >= 11 is 0. The van der Waals surface area contributed by atoms with E-state index in [-0.39, 0.29) is 11.7 Å². The standard InChI is InChI=1S/C28H22O3/c1-31-28(30)23-13-10-22(11-14-23)17-26-18-25-16-21(12-15-24(25)19-27(26)29)9-5-8-20-6-3-2-4-7-20/h2-4,6-7,10-16,18-19,29H,8,17H2,1H3. The van der Waals surface area contributed by atoms with Gasteiger partial charge in [-0.05, 0) is 63.9 Å². The zero-order chi connectivity index (χ0) is 21.6. The van der Waals surface area contributed by atoms with Crippen LogP contribution < -0.4 is 0 Å². The minimum Gasteiger partial charge on any atom is -0.508 e. The Morgan fingerprint density at radius 1 is 0.871 bits per heavy atom. The van der Waals surface area contributed by atoms with E-state index in [1.165, 1.54) is 12.7 Å². The molecule has 0 aliphatic rings. The van der Waals surface area contributed by atoms with E-state index in [9.17, 15) is 9.90 Å². The number of carbonyl (C=O) groups excluding carboxylic acids is 1. The fourth-order valence-corrected chi connectivity index (χ4v) is 3.49. The first-order valence-corrected chi connectivity index (χ1v) is 10.1. The van der Waals surface area contributed by atoms with Gasteiger partial charge in [0.25, 0.3) is 0 Å².